The number of piperidine rings is 1. The minimum Gasteiger partial charge on any atom is -0.342 e. The van der Waals surface area contributed by atoms with E-state index in [2.05, 4.69) is 24.1 Å². The molecule has 2 atom stereocenters. The van der Waals surface area contributed by atoms with Crippen molar-refractivity contribution in [1.29, 1.82) is 0 Å². The van der Waals surface area contributed by atoms with E-state index < -0.39 is 0 Å². The number of likely N-dealkylation sites (N-methyl/N-ethyl adjacent to an activating group) is 1. The number of amides is 1. The fraction of sp³-hybridized carbons (Fsp3) is 0.933. The molecule has 1 N–H and O–H groups in total. The summed E-state index contributed by atoms with van der Waals surface area (Å²) in [7, 11) is 0. The molecule has 0 radical (unpaired) electrons. The van der Waals surface area contributed by atoms with Crippen molar-refractivity contribution in [2.45, 2.75) is 58.0 Å². The predicted octanol–water partition coefficient (Wildman–Crippen LogP) is 1.46. The van der Waals surface area contributed by atoms with Gasteiger partial charge in [0.1, 0.15) is 0 Å². The standard InChI is InChI=1S/C15H29N3O/c1-3-16-13(2)14-8-4-5-11-18(14)12-15(19)17-9-6-7-10-17/h13-14,16H,3-12H2,1-2H3. The summed E-state index contributed by atoms with van der Waals surface area (Å²) >= 11 is 0. The lowest BCUT2D eigenvalue weighted by Gasteiger charge is -2.39. The van der Waals surface area contributed by atoms with Crippen LogP contribution in [0.2, 0.25) is 0 Å². The smallest absolute Gasteiger partial charge is 0.236 e. The van der Waals surface area contributed by atoms with Gasteiger partial charge in [-0.05, 0) is 45.7 Å². The van der Waals surface area contributed by atoms with Crippen LogP contribution in [0.15, 0.2) is 0 Å². The zero-order valence-corrected chi connectivity index (χ0v) is 12.5. The molecule has 2 saturated heterocycles. The zero-order chi connectivity index (χ0) is 13.7. The Hall–Kier alpha value is -0.610. The van der Waals surface area contributed by atoms with Gasteiger partial charge in [-0.3, -0.25) is 9.69 Å². The second-order valence-electron chi connectivity index (χ2n) is 5.97. The zero-order valence-electron chi connectivity index (χ0n) is 12.5. The molecule has 0 saturated carbocycles. The Kier molecular flexibility index (Phi) is 5.64. The molecule has 2 heterocycles. The number of rotatable bonds is 5. The molecule has 0 spiro atoms. The second-order valence-corrected chi connectivity index (χ2v) is 5.97. The van der Waals surface area contributed by atoms with E-state index in [1.807, 2.05) is 4.90 Å². The molecule has 19 heavy (non-hydrogen) atoms. The summed E-state index contributed by atoms with van der Waals surface area (Å²) in [5.74, 6) is 0.341. The van der Waals surface area contributed by atoms with Crippen LogP contribution in [0.1, 0.15) is 46.0 Å². The summed E-state index contributed by atoms with van der Waals surface area (Å²) in [4.78, 5) is 16.8. The molecule has 0 aromatic heterocycles. The molecule has 2 rings (SSSR count). The molecular weight excluding hydrogens is 238 g/mol. The Morgan fingerprint density at radius 2 is 1.89 bits per heavy atom. The van der Waals surface area contributed by atoms with Crippen LogP contribution in [0.5, 0.6) is 0 Å². The van der Waals surface area contributed by atoms with Crippen LogP contribution in [0.3, 0.4) is 0 Å². The summed E-state index contributed by atoms with van der Waals surface area (Å²) in [5.41, 5.74) is 0. The number of hydrogen-bond donors (Lipinski definition) is 1. The largest absolute Gasteiger partial charge is 0.342 e. The highest BCUT2D eigenvalue weighted by atomic mass is 16.2. The van der Waals surface area contributed by atoms with Crippen LogP contribution in [-0.4, -0.2) is 60.5 Å². The Bertz CT molecular complexity index is 289. The van der Waals surface area contributed by atoms with Crippen LogP contribution < -0.4 is 5.32 Å². The summed E-state index contributed by atoms with van der Waals surface area (Å²) in [6, 6.07) is 1.01. The van der Waals surface area contributed by atoms with Crippen molar-refractivity contribution in [2.24, 2.45) is 0 Å². The van der Waals surface area contributed by atoms with E-state index in [0.29, 0.717) is 24.5 Å². The maximum absolute atomic E-state index is 12.3. The summed E-state index contributed by atoms with van der Waals surface area (Å²) in [6.45, 7) is 9.07. The maximum atomic E-state index is 12.3. The first-order chi connectivity index (χ1) is 9.22. The molecule has 0 aromatic rings. The highest BCUT2D eigenvalue weighted by molar-refractivity contribution is 5.78. The third-order valence-corrected chi connectivity index (χ3v) is 4.56. The Balaban J connectivity index is 1.89. The van der Waals surface area contributed by atoms with Gasteiger partial charge >= 0.3 is 0 Å². The van der Waals surface area contributed by atoms with E-state index in [4.69, 9.17) is 0 Å². The third kappa shape index (κ3) is 3.93. The molecule has 2 unspecified atom stereocenters. The van der Waals surface area contributed by atoms with Gasteiger partial charge in [-0.15, -0.1) is 0 Å². The van der Waals surface area contributed by atoms with Gasteiger partial charge in [0.2, 0.25) is 5.91 Å². The number of nitrogens with zero attached hydrogens (tertiary/aromatic N) is 2. The van der Waals surface area contributed by atoms with Crippen LogP contribution in [0.4, 0.5) is 0 Å². The van der Waals surface area contributed by atoms with E-state index in [-0.39, 0.29) is 0 Å². The number of hydrogen-bond acceptors (Lipinski definition) is 3. The monoisotopic (exact) mass is 267 g/mol. The molecule has 0 aromatic carbocycles. The second kappa shape index (κ2) is 7.25. The quantitative estimate of drug-likeness (QED) is 0.819. The van der Waals surface area contributed by atoms with Gasteiger partial charge in [0, 0.05) is 25.2 Å². The highest BCUT2D eigenvalue weighted by Gasteiger charge is 2.29. The van der Waals surface area contributed by atoms with Crippen molar-refractivity contribution in [2.75, 3.05) is 32.7 Å². The van der Waals surface area contributed by atoms with E-state index in [1.54, 1.807) is 0 Å². The fourth-order valence-corrected chi connectivity index (χ4v) is 3.48. The van der Waals surface area contributed by atoms with Gasteiger partial charge in [-0.1, -0.05) is 13.3 Å². The van der Waals surface area contributed by atoms with Crippen LogP contribution in [-0.2, 0) is 4.79 Å². The van der Waals surface area contributed by atoms with Crippen molar-refractivity contribution in [3.63, 3.8) is 0 Å². The number of likely N-dealkylation sites (tertiary alicyclic amines) is 2. The Morgan fingerprint density at radius 3 is 2.58 bits per heavy atom. The molecule has 0 bridgehead atoms. The SMILES string of the molecule is CCNC(C)C1CCCCN1CC(=O)N1CCCC1. The first kappa shape index (κ1) is 14.8. The average Bonchev–Trinajstić information content (AvgIpc) is 2.93. The Labute approximate surface area is 117 Å². The highest BCUT2D eigenvalue weighted by Crippen LogP contribution is 2.20. The normalized spacial score (nSPS) is 26.6. The van der Waals surface area contributed by atoms with Gasteiger partial charge in [-0.25, -0.2) is 0 Å². The molecule has 1 amide bonds. The summed E-state index contributed by atoms with van der Waals surface area (Å²) < 4.78 is 0. The summed E-state index contributed by atoms with van der Waals surface area (Å²) in [5, 5.41) is 3.52. The molecule has 2 fully saturated rings. The molecule has 4 nitrogen and oxygen atoms in total. The topological polar surface area (TPSA) is 35.6 Å². The lowest BCUT2D eigenvalue weighted by atomic mass is 9.96. The number of carbonyl (C=O) groups is 1. The predicted molar refractivity (Wildman–Crippen MR) is 78.2 cm³/mol. The maximum Gasteiger partial charge on any atom is 0.236 e. The van der Waals surface area contributed by atoms with E-state index in [1.165, 1.54) is 32.1 Å². The molecule has 4 heteroatoms. The number of carbonyl (C=O) groups excluding carboxylic acids is 1. The molecular formula is C15H29N3O. The van der Waals surface area contributed by atoms with E-state index >= 15 is 0 Å². The lowest BCUT2D eigenvalue weighted by Crippen LogP contribution is -2.53. The number of nitrogens with one attached hydrogen (secondary N) is 1. The first-order valence-corrected chi connectivity index (χ1v) is 7.97. The average molecular weight is 267 g/mol. The van der Waals surface area contributed by atoms with Gasteiger partial charge in [0.15, 0.2) is 0 Å². The van der Waals surface area contributed by atoms with Crippen molar-refractivity contribution >= 4 is 5.91 Å². The van der Waals surface area contributed by atoms with Crippen molar-refractivity contribution in [3.05, 3.63) is 0 Å². The molecule has 2 aliphatic heterocycles. The summed E-state index contributed by atoms with van der Waals surface area (Å²) in [6.07, 6.45) is 6.13. The van der Waals surface area contributed by atoms with Crippen LogP contribution >= 0.6 is 0 Å². The lowest BCUT2D eigenvalue weighted by molar-refractivity contribution is -0.132. The Morgan fingerprint density at radius 1 is 1.21 bits per heavy atom. The van der Waals surface area contributed by atoms with Gasteiger partial charge < -0.3 is 10.2 Å². The minimum absolute atomic E-state index is 0.341. The first-order valence-electron chi connectivity index (χ1n) is 7.97. The van der Waals surface area contributed by atoms with Crippen molar-refractivity contribution in [1.82, 2.24) is 15.1 Å². The minimum atomic E-state index is 0.341. The van der Waals surface area contributed by atoms with E-state index in [0.717, 1.165) is 26.2 Å². The fourth-order valence-electron chi connectivity index (χ4n) is 3.48. The van der Waals surface area contributed by atoms with Crippen molar-refractivity contribution in [3.8, 4) is 0 Å². The molecule has 110 valence electrons. The molecule has 2 aliphatic rings. The van der Waals surface area contributed by atoms with Crippen LogP contribution in [0, 0.1) is 0 Å². The van der Waals surface area contributed by atoms with Crippen LogP contribution in [0.25, 0.3) is 0 Å². The molecule has 0 aliphatic carbocycles. The van der Waals surface area contributed by atoms with Gasteiger partial charge in [-0.2, -0.15) is 0 Å². The third-order valence-electron chi connectivity index (χ3n) is 4.56. The van der Waals surface area contributed by atoms with Crippen molar-refractivity contribution < 1.29 is 4.79 Å². The van der Waals surface area contributed by atoms with E-state index in [9.17, 15) is 4.79 Å². The van der Waals surface area contributed by atoms with Gasteiger partial charge in [0.05, 0.1) is 6.54 Å². The van der Waals surface area contributed by atoms with Gasteiger partial charge in [0.25, 0.3) is 0 Å².